The zero-order valence-electron chi connectivity index (χ0n) is 17.0. The number of amides is 2. The van der Waals surface area contributed by atoms with Crippen LogP contribution in [-0.2, 0) is 0 Å². The molecular weight excluding hydrogens is 384 g/mol. The van der Waals surface area contributed by atoms with Gasteiger partial charge in [0.15, 0.2) is 11.5 Å². The van der Waals surface area contributed by atoms with Gasteiger partial charge in [0.25, 0.3) is 11.8 Å². The molecule has 0 saturated carbocycles. The van der Waals surface area contributed by atoms with Crippen LogP contribution in [0.2, 0.25) is 0 Å². The maximum Gasteiger partial charge on any atom is 0.273 e. The van der Waals surface area contributed by atoms with Gasteiger partial charge in [-0.05, 0) is 43.9 Å². The van der Waals surface area contributed by atoms with Crippen molar-refractivity contribution in [1.29, 1.82) is 0 Å². The highest BCUT2D eigenvalue weighted by atomic mass is 16.5. The van der Waals surface area contributed by atoms with E-state index in [9.17, 15) is 9.59 Å². The fourth-order valence-electron chi connectivity index (χ4n) is 3.61. The molecule has 9 nitrogen and oxygen atoms in total. The van der Waals surface area contributed by atoms with E-state index in [1.807, 2.05) is 11.0 Å². The Bertz CT molecular complexity index is 942. The van der Waals surface area contributed by atoms with Gasteiger partial charge in [0.1, 0.15) is 5.75 Å². The highest BCUT2D eigenvalue weighted by Gasteiger charge is 2.22. The molecule has 2 aliphatic rings. The van der Waals surface area contributed by atoms with Gasteiger partial charge in [0.2, 0.25) is 0 Å². The molecule has 30 heavy (non-hydrogen) atoms. The monoisotopic (exact) mass is 410 g/mol. The second-order valence-electron chi connectivity index (χ2n) is 7.39. The fraction of sp³-hybridized carbons (Fsp3) is 0.429. The number of nitrogens with zero attached hydrogens (tertiary/aromatic N) is 3. The summed E-state index contributed by atoms with van der Waals surface area (Å²) in [6.45, 7) is 2.84. The molecule has 2 amide bonds. The maximum absolute atomic E-state index is 12.8. The van der Waals surface area contributed by atoms with Gasteiger partial charge in [0.05, 0.1) is 18.0 Å². The van der Waals surface area contributed by atoms with Crippen LogP contribution < -0.4 is 20.7 Å². The third kappa shape index (κ3) is 4.29. The first-order chi connectivity index (χ1) is 14.7. The van der Waals surface area contributed by atoms with Crippen LogP contribution in [0.15, 0.2) is 24.3 Å². The molecule has 4 rings (SSSR count). The van der Waals surface area contributed by atoms with E-state index in [0.29, 0.717) is 35.1 Å². The minimum absolute atomic E-state index is 0.0214. The zero-order valence-corrected chi connectivity index (χ0v) is 17.0. The third-order valence-electron chi connectivity index (χ3n) is 5.26. The first-order valence-corrected chi connectivity index (χ1v) is 10.3. The summed E-state index contributed by atoms with van der Waals surface area (Å²) in [5.74, 6) is 0.851. The summed E-state index contributed by atoms with van der Waals surface area (Å²) in [7, 11) is 1.55. The Labute approximate surface area is 175 Å². The van der Waals surface area contributed by atoms with E-state index in [1.165, 1.54) is 0 Å². The molecule has 1 aromatic carbocycles. The van der Waals surface area contributed by atoms with Crippen molar-refractivity contribution < 1.29 is 14.3 Å². The predicted octanol–water partition coefficient (Wildman–Crippen LogP) is 2.40. The summed E-state index contributed by atoms with van der Waals surface area (Å²) in [6.07, 6.45) is 3.83. The van der Waals surface area contributed by atoms with Crippen molar-refractivity contribution in [2.45, 2.75) is 25.7 Å². The van der Waals surface area contributed by atoms with Crippen LogP contribution in [-0.4, -0.2) is 60.2 Å². The van der Waals surface area contributed by atoms with Gasteiger partial charge in [-0.25, -0.2) is 0 Å². The Balaban J connectivity index is 1.70. The number of rotatable bonds is 2. The van der Waals surface area contributed by atoms with Crippen molar-refractivity contribution in [3.63, 3.8) is 0 Å². The Hall–Kier alpha value is -3.36. The molecule has 0 atom stereocenters. The number of fused-ring (bicyclic) bond motifs is 3. The lowest BCUT2D eigenvalue weighted by molar-refractivity contribution is 0.0792. The average molecular weight is 410 g/mol. The van der Waals surface area contributed by atoms with E-state index in [4.69, 9.17) is 4.74 Å². The van der Waals surface area contributed by atoms with Crippen LogP contribution in [0.3, 0.4) is 0 Å². The Morgan fingerprint density at radius 3 is 2.70 bits per heavy atom. The minimum atomic E-state index is -0.341. The minimum Gasteiger partial charge on any atom is -0.491 e. The van der Waals surface area contributed by atoms with Crippen molar-refractivity contribution in [1.82, 2.24) is 20.4 Å². The number of ether oxygens (including phenoxy) is 1. The van der Waals surface area contributed by atoms with Gasteiger partial charge in [-0.15, -0.1) is 10.2 Å². The van der Waals surface area contributed by atoms with E-state index in [1.54, 1.807) is 25.2 Å². The summed E-state index contributed by atoms with van der Waals surface area (Å²) in [6, 6.07) is 7.13. The first kappa shape index (κ1) is 19.9. The molecule has 1 saturated heterocycles. The van der Waals surface area contributed by atoms with Gasteiger partial charge in [-0.2, -0.15) is 0 Å². The highest BCUT2D eigenvalue weighted by molar-refractivity contribution is 5.99. The van der Waals surface area contributed by atoms with Gasteiger partial charge in [-0.1, -0.05) is 0 Å². The molecule has 1 fully saturated rings. The molecular formula is C21H26N6O3. The fourth-order valence-corrected chi connectivity index (χ4v) is 3.61. The van der Waals surface area contributed by atoms with E-state index >= 15 is 0 Å². The number of hydrogen-bond donors (Lipinski definition) is 3. The van der Waals surface area contributed by atoms with Gasteiger partial charge in [0, 0.05) is 38.3 Å². The van der Waals surface area contributed by atoms with Crippen LogP contribution in [0.25, 0.3) is 0 Å². The number of hydrogen-bond acceptors (Lipinski definition) is 7. The molecule has 0 aliphatic carbocycles. The van der Waals surface area contributed by atoms with E-state index in [0.717, 1.165) is 45.3 Å². The van der Waals surface area contributed by atoms with Crippen molar-refractivity contribution in [2.75, 3.05) is 43.9 Å². The quantitative estimate of drug-likeness (QED) is 0.698. The zero-order chi connectivity index (χ0) is 20.9. The van der Waals surface area contributed by atoms with Crippen molar-refractivity contribution >= 4 is 29.0 Å². The topological polar surface area (TPSA) is 108 Å². The average Bonchev–Trinajstić information content (AvgIpc) is 3.30. The number of aromatic nitrogens is 2. The van der Waals surface area contributed by atoms with E-state index < -0.39 is 0 Å². The van der Waals surface area contributed by atoms with E-state index in [-0.39, 0.29) is 17.5 Å². The van der Waals surface area contributed by atoms with E-state index in [2.05, 4.69) is 26.1 Å². The lowest BCUT2D eigenvalue weighted by Crippen LogP contribution is -2.27. The molecule has 9 heteroatoms. The van der Waals surface area contributed by atoms with Gasteiger partial charge < -0.3 is 25.6 Å². The number of benzene rings is 1. The second-order valence-corrected chi connectivity index (χ2v) is 7.39. The molecule has 0 radical (unpaired) electrons. The second kappa shape index (κ2) is 8.98. The third-order valence-corrected chi connectivity index (χ3v) is 5.26. The lowest BCUT2D eigenvalue weighted by atomic mass is 10.1. The Morgan fingerprint density at radius 1 is 1.07 bits per heavy atom. The van der Waals surface area contributed by atoms with Crippen LogP contribution in [0.1, 0.15) is 46.5 Å². The SMILES string of the molecule is CNC(=O)c1nnc2cc1Nc1ccc(C(=O)N3CCCC3)cc1OCCCCN2. The lowest BCUT2D eigenvalue weighted by Gasteiger charge is -2.19. The largest absolute Gasteiger partial charge is 0.491 e. The summed E-state index contributed by atoms with van der Waals surface area (Å²) in [4.78, 5) is 26.9. The van der Waals surface area contributed by atoms with Crippen LogP contribution >= 0.6 is 0 Å². The van der Waals surface area contributed by atoms with Crippen LogP contribution in [0.5, 0.6) is 5.75 Å². The summed E-state index contributed by atoms with van der Waals surface area (Å²) in [5.41, 5.74) is 1.96. The van der Waals surface area contributed by atoms with Gasteiger partial charge in [-0.3, -0.25) is 9.59 Å². The molecule has 0 unspecified atom stereocenters. The molecule has 2 aliphatic heterocycles. The normalized spacial score (nSPS) is 16.1. The summed E-state index contributed by atoms with van der Waals surface area (Å²) < 4.78 is 6.01. The summed E-state index contributed by atoms with van der Waals surface area (Å²) in [5, 5.41) is 17.2. The predicted molar refractivity (Wildman–Crippen MR) is 114 cm³/mol. The van der Waals surface area contributed by atoms with Crippen molar-refractivity contribution in [3.8, 4) is 5.75 Å². The number of nitrogens with one attached hydrogen (secondary N) is 3. The Morgan fingerprint density at radius 2 is 1.90 bits per heavy atom. The molecule has 1 aromatic heterocycles. The van der Waals surface area contributed by atoms with Crippen molar-refractivity contribution in [3.05, 3.63) is 35.5 Å². The van der Waals surface area contributed by atoms with Crippen LogP contribution in [0.4, 0.5) is 17.2 Å². The standard InChI is InChI=1S/C21H26N6O3/c1-22-20(28)19-16-13-18(25-26-19)23-8-2-5-11-30-17-12-14(6-7-15(17)24-16)21(29)27-9-3-4-10-27/h6-7,12-13,24H,2-5,8-11H2,1H3,(H,22,28)(H,23,25). The molecule has 0 spiro atoms. The molecule has 2 bridgehead atoms. The summed E-state index contributed by atoms with van der Waals surface area (Å²) >= 11 is 0. The number of carbonyl (C=O) groups excluding carboxylic acids is 2. The maximum atomic E-state index is 12.8. The number of likely N-dealkylation sites (tertiary alicyclic amines) is 1. The molecule has 3 heterocycles. The first-order valence-electron chi connectivity index (χ1n) is 10.3. The Kier molecular flexibility index (Phi) is 5.97. The molecule has 158 valence electrons. The van der Waals surface area contributed by atoms with Crippen molar-refractivity contribution in [2.24, 2.45) is 0 Å². The van der Waals surface area contributed by atoms with Gasteiger partial charge >= 0.3 is 0 Å². The molecule has 3 N–H and O–H groups in total. The smallest absolute Gasteiger partial charge is 0.273 e. The number of carbonyl (C=O) groups is 2. The molecule has 2 aromatic rings. The number of anilines is 3. The van der Waals surface area contributed by atoms with Crippen LogP contribution in [0, 0.1) is 0 Å². The highest BCUT2D eigenvalue weighted by Crippen LogP contribution is 2.32.